The zero-order chi connectivity index (χ0) is 20.8. The van der Waals surface area contributed by atoms with Gasteiger partial charge < -0.3 is 9.47 Å². The molecule has 2 aromatic rings. The first-order valence-electron chi connectivity index (χ1n) is 9.42. The highest BCUT2D eigenvalue weighted by Gasteiger charge is 2.34. The summed E-state index contributed by atoms with van der Waals surface area (Å²) < 4.78 is 12.3. The van der Waals surface area contributed by atoms with Gasteiger partial charge >= 0.3 is 0 Å². The van der Waals surface area contributed by atoms with Crippen molar-refractivity contribution in [1.29, 1.82) is 0 Å². The molecule has 29 heavy (non-hydrogen) atoms. The van der Waals surface area contributed by atoms with Gasteiger partial charge in [0.05, 0.1) is 21.7 Å². The molecule has 0 bridgehead atoms. The zero-order valence-corrected chi connectivity index (χ0v) is 19.3. The predicted octanol–water partition coefficient (Wildman–Crippen LogP) is 5.37. The third kappa shape index (κ3) is 5.33. The van der Waals surface area contributed by atoms with E-state index in [9.17, 15) is 9.59 Å². The van der Waals surface area contributed by atoms with E-state index < -0.39 is 0 Å². The van der Waals surface area contributed by atoms with Crippen LogP contribution in [0.2, 0.25) is 0 Å². The summed E-state index contributed by atoms with van der Waals surface area (Å²) in [4.78, 5) is 26.9. The molecule has 1 heterocycles. The third-order valence-corrected chi connectivity index (χ3v) is 5.97. The summed E-state index contributed by atoms with van der Waals surface area (Å²) in [6.45, 7) is 5.25. The molecule has 0 aromatic heterocycles. The zero-order valence-electron chi connectivity index (χ0n) is 16.3. The van der Waals surface area contributed by atoms with Gasteiger partial charge in [-0.05, 0) is 84.0 Å². The molecule has 0 N–H and O–H groups in total. The maximum atomic E-state index is 12.8. The molecular formula is C22H22INO4S. The predicted molar refractivity (Wildman–Crippen MR) is 124 cm³/mol. The number of thioether (sulfide) groups is 1. The number of nitrogens with zero attached hydrogens (tertiary/aromatic N) is 1. The van der Waals surface area contributed by atoms with E-state index in [0.29, 0.717) is 42.6 Å². The number of rotatable bonds is 8. The number of ether oxygens (including phenoxy) is 2. The van der Waals surface area contributed by atoms with Crippen molar-refractivity contribution in [1.82, 2.24) is 4.90 Å². The molecular weight excluding hydrogens is 501 g/mol. The Labute approximate surface area is 188 Å². The van der Waals surface area contributed by atoms with Crippen molar-refractivity contribution in [3.8, 4) is 11.5 Å². The second-order valence-electron chi connectivity index (χ2n) is 6.26. The van der Waals surface area contributed by atoms with Crippen LogP contribution in [0.25, 0.3) is 6.08 Å². The van der Waals surface area contributed by atoms with Crippen LogP contribution in [0.15, 0.2) is 47.4 Å². The summed E-state index contributed by atoms with van der Waals surface area (Å²) in [6, 6.07) is 13.6. The molecule has 2 amide bonds. The smallest absolute Gasteiger partial charge is 0.293 e. The largest absolute Gasteiger partial charge is 0.490 e. The summed E-state index contributed by atoms with van der Waals surface area (Å²) >= 11 is 3.17. The number of amides is 2. The van der Waals surface area contributed by atoms with E-state index in [1.54, 1.807) is 6.08 Å². The molecule has 5 nitrogen and oxygen atoms in total. The lowest BCUT2D eigenvalue weighted by Gasteiger charge is -2.14. The average molecular weight is 523 g/mol. The van der Waals surface area contributed by atoms with Gasteiger partial charge in [-0.15, -0.1) is 0 Å². The highest BCUT2D eigenvalue weighted by Crippen LogP contribution is 2.37. The lowest BCUT2D eigenvalue weighted by atomic mass is 10.1. The second-order valence-corrected chi connectivity index (χ2v) is 8.42. The number of hydrogen-bond acceptors (Lipinski definition) is 5. The molecule has 1 aliphatic rings. The van der Waals surface area contributed by atoms with Crippen molar-refractivity contribution in [2.75, 3.05) is 19.8 Å². The van der Waals surface area contributed by atoms with Crippen LogP contribution < -0.4 is 9.47 Å². The fourth-order valence-electron chi connectivity index (χ4n) is 2.95. The highest BCUT2D eigenvalue weighted by atomic mass is 127. The highest BCUT2D eigenvalue weighted by molar-refractivity contribution is 14.1. The monoisotopic (exact) mass is 523 g/mol. The van der Waals surface area contributed by atoms with Crippen molar-refractivity contribution < 1.29 is 19.1 Å². The lowest BCUT2D eigenvalue weighted by molar-refractivity contribution is -0.122. The minimum atomic E-state index is -0.252. The Morgan fingerprint density at radius 2 is 1.79 bits per heavy atom. The standard InChI is InChI=1S/C22H22INO4S/c1-3-27-18-13-16(12-17(23)20(18)28-4-2)14-19-21(25)24(22(26)29-19)11-10-15-8-6-5-7-9-15/h5-9,12-14H,3-4,10-11H2,1-2H3/b19-14-. The van der Waals surface area contributed by atoms with Crippen LogP contribution in [-0.2, 0) is 11.2 Å². The van der Waals surface area contributed by atoms with Gasteiger partial charge in [-0.3, -0.25) is 14.5 Å². The Balaban J connectivity index is 1.79. The van der Waals surface area contributed by atoms with Crippen molar-refractivity contribution in [3.05, 3.63) is 62.1 Å². The molecule has 0 saturated carbocycles. The van der Waals surface area contributed by atoms with Crippen LogP contribution in [0.1, 0.15) is 25.0 Å². The van der Waals surface area contributed by atoms with Crippen LogP contribution in [0.3, 0.4) is 0 Å². The second kappa shape index (κ2) is 10.2. The number of hydrogen-bond donors (Lipinski definition) is 0. The van der Waals surface area contributed by atoms with Gasteiger partial charge in [-0.1, -0.05) is 30.3 Å². The molecule has 0 unspecified atom stereocenters. The van der Waals surface area contributed by atoms with Gasteiger partial charge in [0, 0.05) is 6.54 Å². The van der Waals surface area contributed by atoms with E-state index in [4.69, 9.17) is 9.47 Å². The van der Waals surface area contributed by atoms with Gasteiger partial charge in [-0.2, -0.15) is 0 Å². The van der Waals surface area contributed by atoms with Crippen molar-refractivity contribution in [2.45, 2.75) is 20.3 Å². The maximum absolute atomic E-state index is 12.8. The van der Waals surface area contributed by atoms with Gasteiger partial charge in [0.2, 0.25) is 0 Å². The average Bonchev–Trinajstić information content (AvgIpc) is 2.97. The van der Waals surface area contributed by atoms with Gasteiger partial charge in [0.15, 0.2) is 11.5 Å². The molecule has 1 fully saturated rings. The molecule has 1 aliphatic heterocycles. The molecule has 2 aromatic carbocycles. The minimum Gasteiger partial charge on any atom is -0.490 e. The Kier molecular flexibility index (Phi) is 7.60. The summed E-state index contributed by atoms with van der Waals surface area (Å²) in [6.07, 6.45) is 2.38. The topological polar surface area (TPSA) is 55.8 Å². The summed E-state index contributed by atoms with van der Waals surface area (Å²) in [5.74, 6) is 1.08. The van der Waals surface area contributed by atoms with Gasteiger partial charge in [0.25, 0.3) is 11.1 Å². The first-order chi connectivity index (χ1) is 14.0. The van der Waals surface area contributed by atoms with E-state index in [1.807, 2.05) is 56.3 Å². The fourth-order valence-corrected chi connectivity index (χ4v) is 4.59. The molecule has 152 valence electrons. The Hall–Kier alpha value is -2.00. The maximum Gasteiger partial charge on any atom is 0.293 e. The van der Waals surface area contributed by atoms with E-state index in [1.165, 1.54) is 4.90 Å². The van der Waals surface area contributed by atoms with E-state index in [0.717, 1.165) is 26.5 Å². The first-order valence-corrected chi connectivity index (χ1v) is 11.3. The molecule has 0 atom stereocenters. The van der Waals surface area contributed by atoms with E-state index >= 15 is 0 Å². The minimum absolute atomic E-state index is 0.233. The summed E-state index contributed by atoms with van der Waals surface area (Å²) in [7, 11) is 0. The number of carbonyl (C=O) groups excluding carboxylic acids is 2. The number of halogens is 1. The molecule has 0 aliphatic carbocycles. The van der Waals surface area contributed by atoms with Crippen molar-refractivity contribution in [2.24, 2.45) is 0 Å². The number of benzene rings is 2. The van der Waals surface area contributed by atoms with E-state index in [2.05, 4.69) is 22.6 Å². The molecule has 1 saturated heterocycles. The molecule has 3 rings (SSSR count). The Morgan fingerprint density at radius 1 is 1.07 bits per heavy atom. The normalized spacial score (nSPS) is 15.3. The fraction of sp³-hybridized carbons (Fsp3) is 0.273. The number of carbonyl (C=O) groups is 2. The SMILES string of the molecule is CCOc1cc(/C=C2\SC(=O)N(CCc3ccccc3)C2=O)cc(I)c1OCC. The van der Waals surface area contributed by atoms with Gasteiger partial charge in [-0.25, -0.2) is 0 Å². The molecule has 7 heteroatoms. The van der Waals surface area contributed by atoms with Crippen LogP contribution in [0, 0.1) is 3.57 Å². The third-order valence-electron chi connectivity index (χ3n) is 4.26. The Morgan fingerprint density at radius 3 is 2.48 bits per heavy atom. The van der Waals surface area contributed by atoms with E-state index in [-0.39, 0.29) is 11.1 Å². The lowest BCUT2D eigenvalue weighted by Crippen LogP contribution is -2.30. The summed E-state index contributed by atoms with van der Waals surface area (Å²) in [5, 5.41) is -0.233. The van der Waals surface area contributed by atoms with Crippen molar-refractivity contribution >= 4 is 51.6 Å². The van der Waals surface area contributed by atoms with Crippen LogP contribution in [-0.4, -0.2) is 35.8 Å². The first kappa shape index (κ1) is 21.7. The molecule has 0 spiro atoms. The molecule has 0 radical (unpaired) electrons. The van der Waals surface area contributed by atoms with Crippen LogP contribution in [0.4, 0.5) is 4.79 Å². The van der Waals surface area contributed by atoms with Crippen LogP contribution in [0.5, 0.6) is 11.5 Å². The van der Waals surface area contributed by atoms with Crippen molar-refractivity contribution in [3.63, 3.8) is 0 Å². The van der Waals surface area contributed by atoms with Crippen LogP contribution >= 0.6 is 34.4 Å². The quantitative estimate of drug-likeness (QED) is 0.344. The number of imide groups is 1. The summed E-state index contributed by atoms with van der Waals surface area (Å²) in [5.41, 5.74) is 1.90. The van der Waals surface area contributed by atoms with Gasteiger partial charge in [0.1, 0.15) is 0 Å². The Bertz CT molecular complexity index is 930.